The predicted molar refractivity (Wildman–Crippen MR) is 81.2 cm³/mol. The number of aliphatic hydroxyl groups excluding tert-OH is 1. The molecule has 1 aromatic rings. The highest BCUT2D eigenvalue weighted by Crippen LogP contribution is 2.29. The molecule has 1 amide bonds. The van der Waals surface area contributed by atoms with E-state index in [1.807, 2.05) is 0 Å². The topological polar surface area (TPSA) is 107 Å². The Hall–Kier alpha value is -2.59. The summed E-state index contributed by atoms with van der Waals surface area (Å²) >= 11 is 5.69. The van der Waals surface area contributed by atoms with E-state index in [2.05, 4.69) is 0 Å². The van der Waals surface area contributed by atoms with E-state index in [0.29, 0.717) is 13.1 Å². The van der Waals surface area contributed by atoms with Crippen molar-refractivity contribution in [2.45, 2.75) is 13.8 Å². The molecule has 116 valence electrons. The van der Waals surface area contributed by atoms with Crippen LogP contribution in [-0.4, -0.2) is 33.9 Å². The molecule has 1 aromatic carbocycles. The summed E-state index contributed by atoms with van der Waals surface area (Å²) in [6.45, 7) is 4.13. The second-order valence-electron chi connectivity index (χ2n) is 4.23. The standard InChI is InChI=1S/C14H14ClN3O4/c1-3-17(4-2)14(20)11(8-16)13(19)10-6-5-9(15)7-12(10)18(21)22/h5-7,19H,3-4H2,1-2H3. The molecule has 8 heteroatoms. The second-order valence-corrected chi connectivity index (χ2v) is 4.67. The number of likely N-dealkylation sites (N-methyl/N-ethyl adjacent to an activating group) is 1. The van der Waals surface area contributed by atoms with Gasteiger partial charge in [0.05, 0.1) is 10.5 Å². The lowest BCUT2D eigenvalue weighted by Crippen LogP contribution is -2.31. The Morgan fingerprint density at radius 1 is 1.45 bits per heavy atom. The van der Waals surface area contributed by atoms with Gasteiger partial charge < -0.3 is 10.0 Å². The fourth-order valence-corrected chi connectivity index (χ4v) is 2.03. The number of aliphatic hydroxyl groups is 1. The van der Waals surface area contributed by atoms with Crippen LogP contribution in [0.15, 0.2) is 23.8 Å². The van der Waals surface area contributed by atoms with Crippen molar-refractivity contribution in [3.05, 3.63) is 44.5 Å². The molecule has 0 saturated carbocycles. The minimum Gasteiger partial charge on any atom is -0.505 e. The molecular weight excluding hydrogens is 310 g/mol. The van der Waals surface area contributed by atoms with Crippen LogP contribution in [0.2, 0.25) is 5.02 Å². The largest absolute Gasteiger partial charge is 0.505 e. The number of benzene rings is 1. The number of carbonyl (C=O) groups is 1. The van der Waals surface area contributed by atoms with E-state index in [9.17, 15) is 20.0 Å². The van der Waals surface area contributed by atoms with Gasteiger partial charge in [0, 0.05) is 24.2 Å². The third-order valence-corrected chi connectivity index (χ3v) is 3.26. The summed E-state index contributed by atoms with van der Waals surface area (Å²) in [4.78, 5) is 23.8. The van der Waals surface area contributed by atoms with Crippen LogP contribution in [0.5, 0.6) is 0 Å². The van der Waals surface area contributed by atoms with Crippen molar-refractivity contribution in [2.24, 2.45) is 0 Å². The van der Waals surface area contributed by atoms with Crippen molar-refractivity contribution in [3.8, 4) is 6.07 Å². The van der Waals surface area contributed by atoms with Gasteiger partial charge in [0.25, 0.3) is 11.6 Å². The fraction of sp³-hybridized carbons (Fsp3) is 0.286. The summed E-state index contributed by atoms with van der Waals surface area (Å²) in [6.07, 6.45) is 0. The van der Waals surface area contributed by atoms with Crippen LogP contribution in [0, 0.1) is 21.4 Å². The van der Waals surface area contributed by atoms with Crippen LogP contribution in [0.25, 0.3) is 5.76 Å². The Labute approximate surface area is 132 Å². The number of hydrogen-bond donors (Lipinski definition) is 1. The number of rotatable bonds is 5. The van der Waals surface area contributed by atoms with Crippen LogP contribution in [0.4, 0.5) is 5.69 Å². The van der Waals surface area contributed by atoms with Gasteiger partial charge in [-0.2, -0.15) is 5.26 Å². The lowest BCUT2D eigenvalue weighted by molar-refractivity contribution is -0.385. The van der Waals surface area contributed by atoms with Crippen LogP contribution in [-0.2, 0) is 4.79 Å². The van der Waals surface area contributed by atoms with Gasteiger partial charge in [-0.15, -0.1) is 0 Å². The highest BCUT2D eigenvalue weighted by Gasteiger charge is 2.25. The fourth-order valence-electron chi connectivity index (χ4n) is 1.86. The molecule has 0 aliphatic carbocycles. The van der Waals surface area contributed by atoms with Gasteiger partial charge in [-0.3, -0.25) is 14.9 Å². The molecule has 0 heterocycles. The molecule has 0 aliphatic rings. The molecule has 0 saturated heterocycles. The van der Waals surface area contributed by atoms with E-state index in [1.54, 1.807) is 19.9 Å². The van der Waals surface area contributed by atoms with Crippen LogP contribution in [0.1, 0.15) is 19.4 Å². The number of nitro groups is 1. The number of hydrogen-bond acceptors (Lipinski definition) is 5. The number of nitriles is 1. The van der Waals surface area contributed by atoms with Gasteiger partial charge >= 0.3 is 0 Å². The number of nitro benzene ring substituents is 1. The Balaban J connectivity index is 3.49. The van der Waals surface area contributed by atoms with Gasteiger partial charge in [0.15, 0.2) is 11.3 Å². The summed E-state index contributed by atoms with van der Waals surface area (Å²) < 4.78 is 0. The smallest absolute Gasteiger partial charge is 0.281 e. The Kier molecular flexibility index (Phi) is 5.90. The monoisotopic (exact) mass is 323 g/mol. The molecular formula is C14H14ClN3O4. The zero-order chi connectivity index (χ0) is 16.9. The first kappa shape index (κ1) is 17.5. The average molecular weight is 324 g/mol. The third kappa shape index (κ3) is 3.54. The first-order chi connectivity index (χ1) is 10.4. The first-order valence-electron chi connectivity index (χ1n) is 6.44. The van der Waals surface area contributed by atoms with Gasteiger partial charge in [0.2, 0.25) is 0 Å². The average Bonchev–Trinajstić information content (AvgIpc) is 2.48. The maximum Gasteiger partial charge on any atom is 0.281 e. The Morgan fingerprint density at radius 3 is 2.50 bits per heavy atom. The van der Waals surface area contributed by atoms with Crippen molar-refractivity contribution >= 4 is 29.0 Å². The molecule has 1 N–H and O–H groups in total. The first-order valence-corrected chi connectivity index (χ1v) is 6.82. The van der Waals surface area contributed by atoms with Crippen molar-refractivity contribution in [3.63, 3.8) is 0 Å². The zero-order valence-electron chi connectivity index (χ0n) is 12.0. The van der Waals surface area contributed by atoms with Gasteiger partial charge in [0.1, 0.15) is 6.07 Å². The summed E-state index contributed by atoms with van der Waals surface area (Å²) in [7, 11) is 0. The summed E-state index contributed by atoms with van der Waals surface area (Å²) in [5, 5.41) is 30.5. The molecule has 1 rings (SSSR count). The Morgan fingerprint density at radius 2 is 2.05 bits per heavy atom. The summed E-state index contributed by atoms with van der Waals surface area (Å²) in [6, 6.07) is 5.19. The number of halogens is 1. The van der Waals surface area contributed by atoms with E-state index in [1.165, 1.54) is 17.0 Å². The highest BCUT2D eigenvalue weighted by atomic mass is 35.5. The maximum absolute atomic E-state index is 12.2. The summed E-state index contributed by atoms with van der Waals surface area (Å²) in [5.41, 5.74) is -1.26. The van der Waals surface area contributed by atoms with Crippen molar-refractivity contribution in [1.82, 2.24) is 4.90 Å². The minimum absolute atomic E-state index is 0.108. The van der Waals surface area contributed by atoms with Crippen LogP contribution < -0.4 is 0 Å². The van der Waals surface area contributed by atoms with Crippen molar-refractivity contribution in [2.75, 3.05) is 13.1 Å². The highest BCUT2D eigenvalue weighted by molar-refractivity contribution is 6.30. The molecule has 0 unspecified atom stereocenters. The van der Waals surface area contributed by atoms with Crippen LogP contribution >= 0.6 is 11.6 Å². The molecule has 0 aromatic heterocycles. The molecule has 0 bridgehead atoms. The molecule has 22 heavy (non-hydrogen) atoms. The molecule has 0 fully saturated rings. The normalized spacial score (nSPS) is 11.4. The number of nitrogens with zero attached hydrogens (tertiary/aromatic N) is 3. The molecule has 0 radical (unpaired) electrons. The molecule has 0 aliphatic heterocycles. The number of amides is 1. The van der Waals surface area contributed by atoms with Gasteiger partial charge in [-0.25, -0.2) is 0 Å². The zero-order valence-corrected chi connectivity index (χ0v) is 12.8. The van der Waals surface area contributed by atoms with E-state index in [-0.39, 0.29) is 10.6 Å². The van der Waals surface area contributed by atoms with Gasteiger partial charge in [-0.05, 0) is 26.0 Å². The van der Waals surface area contributed by atoms with Crippen molar-refractivity contribution in [1.29, 1.82) is 5.26 Å². The predicted octanol–water partition coefficient (Wildman–Crippen LogP) is 2.91. The Bertz CT molecular complexity index is 675. The summed E-state index contributed by atoms with van der Waals surface area (Å²) in [5.74, 6) is -1.42. The molecule has 0 atom stereocenters. The lowest BCUT2D eigenvalue weighted by Gasteiger charge is -2.18. The minimum atomic E-state index is -0.742. The quantitative estimate of drug-likeness (QED) is 0.295. The molecule has 0 spiro atoms. The van der Waals surface area contributed by atoms with Crippen LogP contribution in [0.3, 0.4) is 0 Å². The SMILES string of the molecule is CCN(CC)C(=O)C(C#N)=C(O)c1ccc(Cl)cc1[N+](=O)[O-]. The van der Waals surface area contributed by atoms with E-state index in [0.717, 1.165) is 6.07 Å². The third-order valence-electron chi connectivity index (χ3n) is 3.02. The van der Waals surface area contributed by atoms with E-state index in [4.69, 9.17) is 16.9 Å². The number of carbonyl (C=O) groups excluding carboxylic acids is 1. The second kappa shape index (κ2) is 7.43. The van der Waals surface area contributed by atoms with E-state index >= 15 is 0 Å². The molecule has 7 nitrogen and oxygen atoms in total. The maximum atomic E-state index is 12.2. The van der Waals surface area contributed by atoms with E-state index < -0.39 is 27.9 Å². The lowest BCUT2D eigenvalue weighted by atomic mass is 10.1. The van der Waals surface area contributed by atoms with Crippen molar-refractivity contribution < 1.29 is 14.8 Å². The van der Waals surface area contributed by atoms with Gasteiger partial charge in [-0.1, -0.05) is 11.6 Å².